The molecule has 1 aliphatic carbocycles. The maximum Gasteiger partial charge on any atom is 0.228 e. The Bertz CT molecular complexity index is 810. The molecule has 0 saturated heterocycles. The molecule has 6 heteroatoms. The minimum Gasteiger partial charge on any atom is -0.495 e. The third-order valence-electron chi connectivity index (χ3n) is 4.50. The van der Waals surface area contributed by atoms with Crippen LogP contribution in [0.15, 0.2) is 48.5 Å². The first kappa shape index (κ1) is 18.3. The first-order chi connectivity index (χ1) is 12.5. The standard InChI is InChI=1S/C20H21ClN2O3/c1-23(12-13-6-4-3-5-7-13)20(25)16-11-15(16)19(24)22-17-10-14(21)8-9-18(17)26-2/h3-10,15-16H,11-12H2,1-2H3,(H,22,24). The van der Waals surface area contributed by atoms with Gasteiger partial charge in [-0.05, 0) is 30.2 Å². The predicted octanol–water partition coefficient (Wildman–Crippen LogP) is 3.58. The largest absolute Gasteiger partial charge is 0.495 e. The summed E-state index contributed by atoms with van der Waals surface area (Å²) >= 11 is 5.98. The molecule has 5 nitrogen and oxygen atoms in total. The Hall–Kier alpha value is -2.53. The maximum absolute atomic E-state index is 12.6. The van der Waals surface area contributed by atoms with Gasteiger partial charge >= 0.3 is 0 Å². The predicted molar refractivity (Wildman–Crippen MR) is 101 cm³/mol. The number of halogens is 1. The highest BCUT2D eigenvalue weighted by molar-refractivity contribution is 6.31. The molecule has 3 rings (SSSR count). The molecule has 0 bridgehead atoms. The highest BCUT2D eigenvalue weighted by Crippen LogP contribution is 2.41. The van der Waals surface area contributed by atoms with E-state index in [1.165, 1.54) is 7.11 Å². The molecule has 0 aliphatic heterocycles. The first-order valence-corrected chi connectivity index (χ1v) is 8.80. The molecule has 2 unspecified atom stereocenters. The van der Waals surface area contributed by atoms with Crippen molar-refractivity contribution in [3.05, 3.63) is 59.1 Å². The fraction of sp³-hybridized carbons (Fsp3) is 0.300. The van der Waals surface area contributed by atoms with E-state index < -0.39 is 0 Å². The van der Waals surface area contributed by atoms with E-state index in [0.717, 1.165) is 5.56 Å². The topological polar surface area (TPSA) is 58.6 Å². The van der Waals surface area contributed by atoms with Gasteiger partial charge in [-0.3, -0.25) is 9.59 Å². The summed E-state index contributed by atoms with van der Waals surface area (Å²) in [7, 11) is 3.30. The summed E-state index contributed by atoms with van der Waals surface area (Å²) in [6, 6.07) is 14.8. The van der Waals surface area contributed by atoms with Gasteiger partial charge in [-0.25, -0.2) is 0 Å². The number of anilines is 1. The van der Waals surface area contributed by atoms with Crippen LogP contribution in [0.3, 0.4) is 0 Å². The molecule has 2 aromatic carbocycles. The Kier molecular flexibility index (Phi) is 5.47. The van der Waals surface area contributed by atoms with Gasteiger partial charge in [-0.15, -0.1) is 0 Å². The van der Waals surface area contributed by atoms with Crippen molar-refractivity contribution in [1.29, 1.82) is 0 Å². The van der Waals surface area contributed by atoms with Crippen LogP contribution < -0.4 is 10.1 Å². The molecule has 2 aromatic rings. The molecule has 26 heavy (non-hydrogen) atoms. The number of benzene rings is 2. The van der Waals surface area contributed by atoms with Crippen molar-refractivity contribution >= 4 is 29.1 Å². The molecule has 0 radical (unpaired) electrons. The van der Waals surface area contributed by atoms with Crippen molar-refractivity contribution in [2.24, 2.45) is 11.8 Å². The van der Waals surface area contributed by atoms with Crippen LogP contribution in [0.25, 0.3) is 0 Å². The second-order valence-corrected chi connectivity index (χ2v) is 6.90. The zero-order valence-electron chi connectivity index (χ0n) is 14.7. The van der Waals surface area contributed by atoms with Gasteiger partial charge in [0.1, 0.15) is 5.75 Å². The fourth-order valence-electron chi connectivity index (χ4n) is 2.98. The number of nitrogens with zero attached hydrogens (tertiary/aromatic N) is 1. The fourth-order valence-corrected chi connectivity index (χ4v) is 3.15. The summed E-state index contributed by atoms with van der Waals surface area (Å²) < 4.78 is 5.23. The maximum atomic E-state index is 12.6. The summed E-state index contributed by atoms with van der Waals surface area (Å²) in [5.74, 6) is -0.241. The monoisotopic (exact) mass is 372 g/mol. The van der Waals surface area contributed by atoms with Crippen LogP contribution in [0.1, 0.15) is 12.0 Å². The summed E-state index contributed by atoms with van der Waals surface area (Å²) in [5.41, 5.74) is 1.58. The van der Waals surface area contributed by atoms with Crippen molar-refractivity contribution in [2.45, 2.75) is 13.0 Å². The van der Waals surface area contributed by atoms with Gasteiger partial charge in [0.05, 0.1) is 24.6 Å². The van der Waals surface area contributed by atoms with E-state index in [1.54, 1.807) is 30.1 Å². The van der Waals surface area contributed by atoms with Crippen molar-refractivity contribution in [3.63, 3.8) is 0 Å². The smallest absolute Gasteiger partial charge is 0.228 e. The molecule has 1 N–H and O–H groups in total. The van der Waals surface area contributed by atoms with Crippen molar-refractivity contribution in [3.8, 4) is 5.75 Å². The van der Waals surface area contributed by atoms with Crippen molar-refractivity contribution < 1.29 is 14.3 Å². The minimum atomic E-state index is -0.315. The van der Waals surface area contributed by atoms with Crippen LogP contribution >= 0.6 is 11.6 Å². The first-order valence-electron chi connectivity index (χ1n) is 8.43. The molecular weight excluding hydrogens is 352 g/mol. The van der Waals surface area contributed by atoms with Crippen LogP contribution in [0.4, 0.5) is 5.69 Å². The normalized spacial score (nSPS) is 18.1. The van der Waals surface area contributed by atoms with E-state index in [0.29, 0.717) is 29.4 Å². The molecule has 1 saturated carbocycles. The SMILES string of the molecule is COc1ccc(Cl)cc1NC(=O)C1CC1C(=O)N(C)Cc1ccccc1. The number of nitrogens with one attached hydrogen (secondary N) is 1. The lowest BCUT2D eigenvalue weighted by Crippen LogP contribution is -2.29. The molecule has 136 valence electrons. The van der Waals surface area contributed by atoms with E-state index in [9.17, 15) is 9.59 Å². The summed E-state index contributed by atoms with van der Waals surface area (Å²) in [5, 5.41) is 3.33. The molecule has 1 aliphatic rings. The van der Waals surface area contributed by atoms with Crippen LogP contribution in [-0.2, 0) is 16.1 Å². The van der Waals surface area contributed by atoms with E-state index in [2.05, 4.69) is 5.32 Å². The van der Waals surface area contributed by atoms with Gasteiger partial charge in [0.2, 0.25) is 11.8 Å². The highest BCUT2D eigenvalue weighted by Gasteiger charge is 2.49. The van der Waals surface area contributed by atoms with E-state index in [4.69, 9.17) is 16.3 Å². The lowest BCUT2D eigenvalue weighted by atomic mass is 10.2. The minimum absolute atomic E-state index is 0.00735. The Morgan fingerprint density at radius 1 is 1.19 bits per heavy atom. The van der Waals surface area contributed by atoms with Crippen molar-refractivity contribution in [2.75, 3.05) is 19.5 Å². The number of ether oxygens (including phenoxy) is 1. The Labute approximate surface area is 157 Å². The lowest BCUT2D eigenvalue weighted by Gasteiger charge is -2.17. The highest BCUT2D eigenvalue weighted by atomic mass is 35.5. The zero-order valence-corrected chi connectivity index (χ0v) is 15.5. The molecule has 0 spiro atoms. The number of hydrogen-bond acceptors (Lipinski definition) is 3. The second-order valence-electron chi connectivity index (χ2n) is 6.46. The quantitative estimate of drug-likeness (QED) is 0.843. The third-order valence-corrected chi connectivity index (χ3v) is 4.74. The number of carbonyl (C=O) groups is 2. The van der Waals surface area contributed by atoms with Crippen molar-refractivity contribution in [1.82, 2.24) is 4.90 Å². The Balaban J connectivity index is 1.58. The van der Waals surface area contributed by atoms with Gasteiger partial charge in [0, 0.05) is 18.6 Å². The average Bonchev–Trinajstić information content (AvgIpc) is 3.43. The molecule has 0 aromatic heterocycles. The summed E-state index contributed by atoms with van der Waals surface area (Å²) in [6.07, 6.45) is 0.562. The molecular formula is C20H21ClN2O3. The number of amides is 2. The molecule has 1 fully saturated rings. The van der Waals surface area contributed by atoms with E-state index in [1.807, 2.05) is 30.3 Å². The van der Waals surface area contributed by atoms with Crippen LogP contribution in [0.5, 0.6) is 5.75 Å². The second kappa shape index (κ2) is 7.79. The number of carbonyl (C=O) groups excluding carboxylic acids is 2. The number of hydrogen-bond donors (Lipinski definition) is 1. The summed E-state index contributed by atoms with van der Waals surface area (Å²) in [4.78, 5) is 26.7. The van der Waals surface area contributed by atoms with Crippen LogP contribution in [-0.4, -0.2) is 30.9 Å². The Morgan fingerprint density at radius 3 is 2.62 bits per heavy atom. The van der Waals surface area contributed by atoms with Crippen LogP contribution in [0.2, 0.25) is 5.02 Å². The molecule has 2 amide bonds. The number of rotatable bonds is 6. The average molecular weight is 373 g/mol. The van der Waals surface area contributed by atoms with E-state index in [-0.39, 0.29) is 23.7 Å². The summed E-state index contributed by atoms with van der Waals surface area (Å²) in [6.45, 7) is 0.534. The van der Waals surface area contributed by atoms with Gasteiger partial charge in [0.25, 0.3) is 0 Å². The van der Waals surface area contributed by atoms with Crippen LogP contribution in [0, 0.1) is 11.8 Å². The Morgan fingerprint density at radius 2 is 1.92 bits per heavy atom. The van der Waals surface area contributed by atoms with E-state index >= 15 is 0 Å². The number of methoxy groups -OCH3 is 1. The zero-order chi connectivity index (χ0) is 18.7. The third kappa shape index (κ3) is 4.17. The van der Waals surface area contributed by atoms with Gasteiger partial charge in [-0.2, -0.15) is 0 Å². The van der Waals surface area contributed by atoms with Gasteiger partial charge in [0.15, 0.2) is 0 Å². The molecule has 2 atom stereocenters. The van der Waals surface area contributed by atoms with Gasteiger partial charge in [-0.1, -0.05) is 41.9 Å². The lowest BCUT2D eigenvalue weighted by molar-refractivity contribution is -0.133. The van der Waals surface area contributed by atoms with Gasteiger partial charge < -0.3 is 15.0 Å². The molecule has 0 heterocycles.